The van der Waals surface area contributed by atoms with E-state index in [2.05, 4.69) is 18.7 Å². The van der Waals surface area contributed by atoms with Crippen LogP contribution in [-0.4, -0.2) is 65.3 Å². The van der Waals surface area contributed by atoms with Crippen LogP contribution in [0.25, 0.3) is 0 Å². The summed E-state index contributed by atoms with van der Waals surface area (Å²) < 4.78 is 5.11. The van der Waals surface area contributed by atoms with Crippen LogP contribution < -0.4 is 4.74 Å². The number of piperazine rings is 1. The third-order valence-electron chi connectivity index (χ3n) is 4.63. The molecule has 0 radical (unpaired) electrons. The molecule has 0 aromatic heterocycles. The summed E-state index contributed by atoms with van der Waals surface area (Å²) in [6.07, 6.45) is 0.996. The molecule has 0 saturated carbocycles. The van der Waals surface area contributed by atoms with Gasteiger partial charge in [-0.3, -0.25) is 14.6 Å². The quantitative estimate of drug-likeness (QED) is 0.834. The number of hydrogen-bond donors (Lipinski definition) is 2. The Morgan fingerprint density at radius 1 is 1.39 bits per heavy atom. The van der Waals surface area contributed by atoms with E-state index in [9.17, 15) is 15.0 Å². The van der Waals surface area contributed by atoms with Gasteiger partial charge < -0.3 is 14.9 Å². The summed E-state index contributed by atoms with van der Waals surface area (Å²) in [5.74, 6) is -0.562. The maximum absolute atomic E-state index is 11.9. The van der Waals surface area contributed by atoms with Crippen molar-refractivity contribution in [1.29, 1.82) is 0 Å². The maximum Gasteiger partial charge on any atom is 0.325 e. The van der Waals surface area contributed by atoms with Crippen molar-refractivity contribution in [3.05, 3.63) is 23.8 Å². The number of carboxylic acid groups (broad SMARTS) is 1. The third kappa shape index (κ3) is 3.76. The van der Waals surface area contributed by atoms with E-state index in [1.54, 1.807) is 12.1 Å². The molecule has 1 aliphatic rings. The first-order valence-electron chi connectivity index (χ1n) is 8.09. The van der Waals surface area contributed by atoms with Crippen LogP contribution in [0.2, 0.25) is 0 Å². The largest absolute Gasteiger partial charge is 0.504 e. The Bertz CT molecular complexity index is 549. The Hall–Kier alpha value is -1.79. The average molecular weight is 322 g/mol. The highest BCUT2D eigenvalue weighted by molar-refractivity contribution is 5.76. The first-order valence-corrected chi connectivity index (χ1v) is 8.09. The molecule has 1 saturated heterocycles. The Labute approximate surface area is 137 Å². The highest BCUT2D eigenvalue weighted by atomic mass is 16.5. The van der Waals surface area contributed by atoms with Gasteiger partial charge in [0.15, 0.2) is 11.5 Å². The minimum absolute atomic E-state index is 0.0163. The molecule has 1 fully saturated rings. The normalized spacial score (nSPS) is 21.1. The summed E-state index contributed by atoms with van der Waals surface area (Å²) in [5, 5.41) is 19.5. The molecule has 23 heavy (non-hydrogen) atoms. The molecule has 1 aromatic carbocycles. The van der Waals surface area contributed by atoms with E-state index in [1.165, 1.54) is 13.2 Å². The molecule has 2 N–H and O–H groups in total. The van der Waals surface area contributed by atoms with Crippen molar-refractivity contribution >= 4 is 5.97 Å². The fraction of sp³-hybridized carbons (Fsp3) is 0.588. The van der Waals surface area contributed by atoms with Crippen molar-refractivity contribution < 1.29 is 19.7 Å². The summed E-state index contributed by atoms with van der Waals surface area (Å²) in [4.78, 5) is 16.3. The highest BCUT2D eigenvalue weighted by Crippen LogP contribution is 2.32. The lowest BCUT2D eigenvalue weighted by atomic mass is 10.0. The lowest BCUT2D eigenvalue weighted by Crippen LogP contribution is -2.54. The summed E-state index contributed by atoms with van der Waals surface area (Å²) in [6.45, 7) is 7.56. The first-order chi connectivity index (χ1) is 11.0. The number of hydrogen-bond acceptors (Lipinski definition) is 5. The summed E-state index contributed by atoms with van der Waals surface area (Å²) >= 11 is 0. The van der Waals surface area contributed by atoms with E-state index < -0.39 is 12.0 Å². The monoisotopic (exact) mass is 322 g/mol. The third-order valence-corrected chi connectivity index (χ3v) is 4.63. The molecule has 0 amide bonds. The van der Waals surface area contributed by atoms with Crippen LogP contribution in [0.4, 0.5) is 0 Å². The molecule has 2 atom stereocenters. The van der Waals surface area contributed by atoms with E-state index in [-0.39, 0.29) is 5.75 Å². The second-order valence-corrected chi connectivity index (χ2v) is 5.86. The summed E-state index contributed by atoms with van der Waals surface area (Å²) in [6, 6.07) is 4.40. The van der Waals surface area contributed by atoms with Crippen molar-refractivity contribution in [2.24, 2.45) is 0 Å². The fourth-order valence-electron chi connectivity index (χ4n) is 3.33. The van der Waals surface area contributed by atoms with Crippen molar-refractivity contribution in [3.63, 3.8) is 0 Å². The molecule has 2 unspecified atom stereocenters. The van der Waals surface area contributed by atoms with Crippen molar-refractivity contribution in [2.75, 3.05) is 33.3 Å². The maximum atomic E-state index is 11.9. The van der Waals surface area contributed by atoms with E-state index in [0.717, 1.165) is 26.1 Å². The number of carbonyl (C=O) groups is 1. The van der Waals surface area contributed by atoms with Gasteiger partial charge >= 0.3 is 5.97 Å². The average Bonchev–Trinajstić information content (AvgIpc) is 2.56. The standard InChI is InChI=1S/C17H26N2O4/c1-4-13-11-19(9-8-18(13)5-2)16(17(21)22)12-6-7-14(20)15(10-12)23-3/h6-7,10,13,16,20H,4-5,8-9,11H2,1-3H3,(H,21,22). The molecule has 1 aromatic rings. The molecule has 6 nitrogen and oxygen atoms in total. The number of methoxy groups -OCH3 is 1. The summed E-state index contributed by atoms with van der Waals surface area (Å²) in [7, 11) is 1.46. The van der Waals surface area contributed by atoms with Crippen LogP contribution in [0.3, 0.4) is 0 Å². The molecule has 6 heteroatoms. The molecule has 1 heterocycles. The van der Waals surface area contributed by atoms with Crippen LogP contribution in [0.15, 0.2) is 18.2 Å². The molecular formula is C17H26N2O4. The van der Waals surface area contributed by atoms with E-state index in [0.29, 0.717) is 23.9 Å². The van der Waals surface area contributed by atoms with Crippen molar-refractivity contribution in [3.8, 4) is 11.5 Å². The number of aliphatic carboxylic acids is 1. The molecule has 0 aliphatic carbocycles. The van der Waals surface area contributed by atoms with Crippen LogP contribution in [0.5, 0.6) is 11.5 Å². The predicted octanol–water partition coefficient (Wildman–Crippen LogP) is 1.94. The number of phenols is 1. The smallest absolute Gasteiger partial charge is 0.325 e. The van der Waals surface area contributed by atoms with Crippen LogP contribution in [0, 0.1) is 0 Å². The van der Waals surface area contributed by atoms with E-state index >= 15 is 0 Å². The van der Waals surface area contributed by atoms with Gasteiger partial charge in [0, 0.05) is 25.7 Å². The van der Waals surface area contributed by atoms with Crippen molar-refractivity contribution in [2.45, 2.75) is 32.4 Å². The van der Waals surface area contributed by atoms with Gasteiger partial charge in [-0.05, 0) is 30.7 Å². The molecule has 0 bridgehead atoms. The Morgan fingerprint density at radius 3 is 2.70 bits per heavy atom. The van der Waals surface area contributed by atoms with Gasteiger partial charge in [-0.2, -0.15) is 0 Å². The SMILES string of the molecule is CCC1CN(C(C(=O)O)c2ccc(O)c(OC)c2)CCN1CC. The minimum Gasteiger partial charge on any atom is -0.504 e. The number of likely N-dealkylation sites (N-methyl/N-ethyl adjacent to an activating group) is 1. The van der Waals surface area contributed by atoms with Crippen LogP contribution >= 0.6 is 0 Å². The van der Waals surface area contributed by atoms with Crippen LogP contribution in [0.1, 0.15) is 31.9 Å². The first kappa shape index (κ1) is 17.6. The van der Waals surface area contributed by atoms with Gasteiger partial charge in [-0.15, -0.1) is 0 Å². The molecule has 0 spiro atoms. The number of phenolic OH excluding ortho intramolecular Hbond substituents is 1. The van der Waals surface area contributed by atoms with Crippen LogP contribution in [-0.2, 0) is 4.79 Å². The zero-order chi connectivity index (χ0) is 17.0. The van der Waals surface area contributed by atoms with Gasteiger partial charge in [0.25, 0.3) is 0 Å². The molecular weight excluding hydrogens is 296 g/mol. The van der Waals surface area contributed by atoms with Gasteiger partial charge in [-0.25, -0.2) is 0 Å². The van der Waals surface area contributed by atoms with Gasteiger partial charge in [-0.1, -0.05) is 19.9 Å². The lowest BCUT2D eigenvalue weighted by Gasteiger charge is -2.43. The minimum atomic E-state index is -0.877. The van der Waals surface area contributed by atoms with E-state index in [4.69, 9.17) is 4.74 Å². The van der Waals surface area contributed by atoms with Crippen molar-refractivity contribution in [1.82, 2.24) is 9.80 Å². The number of nitrogens with zero attached hydrogens (tertiary/aromatic N) is 2. The van der Waals surface area contributed by atoms with Gasteiger partial charge in [0.2, 0.25) is 0 Å². The van der Waals surface area contributed by atoms with Gasteiger partial charge in [0.05, 0.1) is 7.11 Å². The number of aromatic hydroxyl groups is 1. The fourth-order valence-corrected chi connectivity index (χ4v) is 3.33. The number of ether oxygens (including phenoxy) is 1. The lowest BCUT2D eigenvalue weighted by molar-refractivity contribution is -0.145. The Morgan fingerprint density at radius 2 is 2.13 bits per heavy atom. The predicted molar refractivity (Wildman–Crippen MR) is 87.9 cm³/mol. The number of rotatable bonds is 6. The number of carboxylic acids is 1. The number of benzene rings is 1. The second kappa shape index (κ2) is 7.66. The topological polar surface area (TPSA) is 73.2 Å². The molecule has 2 rings (SSSR count). The zero-order valence-electron chi connectivity index (χ0n) is 14.0. The highest BCUT2D eigenvalue weighted by Gasteiger charge is 2.34. The molecule has 1 aliphatic heterocycles. The Balaban J connectivity index is 2.27. The Kier molecular flexibility index (Phi) is 5.85. The van der Waals surface area contributed by atoms with Gasteiger partial charge in [0.1, 0.15) is 6.04 Å². The second-order valence-electron chi connectivity index (χ2n) is 5.86. The summed E-state index contributed by atoms with van der Waals surface area (Å²) in [5.41, 5.74) is 0.631. The zero-order valence-corrected chi connectivity index (χ0v) is 14.0. The molecule has 128 valence electrons. The van der Waals surface area contributed by atoms with E-state index in [1.807, 2.05) is 4.90 Å².